The molecule has 0 spiro atoms. The Kier molecular flexibility index (Phi) is 1.86. The number of hydrogen-bond acceptors (Lipinski definition) is 2. The van der Waals surface area contributed by atoms with Gasteiger partial charge in [-0.2, -0.15) is 0 Å². The summed E-state index contributed by atoms with van der Waals surface area (Å²) < 4.78 is 4.92. The molecule has 8 heavy (non-hydrogen) atoms. The van der Waals surface area contributed by atoms with Gasteiger partial charge in [0, 0.05) is 19.7 Å². The summed E-state index contributed by atoms with van der Waals surface area (Å²) in [6, 6.07) is 0.829. The van der Waals surface area contributed by atoms with E-state index in [0.29, 0.717) is 0 Å². The lowest BCUT2D eigenvalue weighted by atomic mass is 10.4. The van der Waals surface area contributed by atoms with Gasteiger partial charge < -0.3 is 4.74 Å². The molecule has 1 aliphatic rings. The number of rotatable bonds is 3. The van der Waals surface area contributed by atoms with E-state index in [9.17, 15) is 0 Å². The van der Waals surface area contributed by atoms with Crippen LogP contribution in [0, 0.1) is 0 Å². The first-order valence-electron chi connectivity index (χ1n) is 3.11. The van der Waals surface area contributed by atoms with Crippen LogP contribution in [0.5, 0.6) is 0 Å². The maximum atomic E-state index is 4.92. The molecule has 0 aliphatic carbocycles. The fourth-order valence-corrected chi connectivity index (χ4v) is 0.935. The lowest BCUT2D eigenvalue weighted by Crippen LogP contribution is -2.04. The number of ether oxygens (including phenoxy) is 1. The van der Waals surface area contributed by atoms with Crippen molar-refractivity contribution in [3.05, 3.63) is 0 Å². The van der Waals surface area contributed by atoms with Gasteiger partial charge in [-0.05, 0) is 6.42 Å². The van der Waals surface area contributed by atoms with Crippen molar-refractivity contribution in [3.63, 3.8) is 0 Å². The average molecular weight is 115 g/mol. The molecule has 0 radical (unpaired) electrons. The summed E-state index contributed by atoms with van der Waals surface area (Å²) in [6.07, 6.45) is 1.27. The molecule has 2 heteroatoms. The van der Waals surface area contributed by atoms with Gasteiger partial charge in [0.1, 0.15) is 0 Å². The van der Waals surface area contributed by atoms with Gasteiger partial charge in [0.05, 0.1) is 6.73 Å². The van der Waals surface area contributed by atoms with Gasteiger partial charge in [-0.25, -0.2) is 0 Å². The molecule has 0 aromatic heterocycles. The Hall–Kier alpha value is -0.0800. The maximum Gasteiger partial charge on any atom is 0.0989 e. The fourth-order valence-electron chi connectivity index (χ4n) is 0.935. The normalized spacial score (nSPS) is 35.2. The van der Waals surface area contributed by atoms with Gasteiger partial charge in [0.2, 0.25) is 0 Å². The topological polar surface area (TPSA) is 12.2 Å². The third kappa shape index (κ3) is 1.20. The van der Waals surface area contributed by atoms with Crippen molar-refractivity contribution in [2.45, 2.75) is 19.4 Å². The Labute approximate surface area is 50.4 Å². The minimum absolute atomic E-state index is 0.818. The Morgan fingerprint density at radius 1 is 1.75 bits per heavy atom. The monoisotopic (exact) mass is 115 g/mol. The van der Waals surface area contributed by atoms with Gasteiger partial charge in [-0.15, -0.1) is 0 Å². The molecule has 0 N–H and O–H groups in total. The smallest absolute Gasteiger partial charge is 0.0989 e. The quantitative estimate of drug-likeness (QED) is 0.501. The van der Waals surface area contributed by atoms with E-state index < -0.39 is 0 Å². The molecule has 2 atom stereocenters. The van der Waals surface area contributed by atoms with Gasteiger partial charge in [-0.1, -0.05) is 6.92 Å². The maximum absolute atomic E-state index is 4.92. The van der Waals surface area contributed by atoms with Crippen LogP contribution >= 0.6 is 0 Å². The number of hydrogen-bond donors (Lipinski definition) is 0. The second kappa shape index (κ2) is 2.46. The minimum atomic E-state index is 0.818. The van der Waals surface area contributed by atoms with Crippen LogP contribution in [0.1, 0.15) is 13.3 Å². The van der Waals surface area contributed by atoms with Crippen LogP contribution in [-0.4, -0.2) is 31.3 Å². The third-order valence-corrected chi connectivity index (χ3v) is 1.59. The van der Waals surface area contributed by atoms with Crippen LogP contribution in [0.3, 0.4) is 0 Å². The zero-order valence-electron chi connectivity index (χ0n) is 5.55. The second-order valence-electron chi connectivity index (χ2n) is 2.25. The van der Waals surface area contributed by atoms with Crippen LogP contribution in [0.2, 0.25) is 0 Å². The van der Waals surface area contributed by atoms with Crippen molar-refractivity contribution in [1.29, 1.82) is 0 Å². The highest BCUT2D eigenvalue weighted by Crippen LogP contribution is 2.18. The van der Waals surface area contributed by atoms with E-state index in [1.807, 2.05) is 0 Å². The van der Waals surface area contributed by atoms with Gasteiger partial charge >= 0.3 is 0 Å². The summed E-state index contributed by atoms with van der Waals surface area (Å²) >= 11 is 0. The molecule has 0 amide bonds. The van der Waals surface area contributed by atoms with Gasteiger partial charge in [0.15, 0.2) is 0 Å². The van der Waals surface area contributed by atoms with E-state index in [0.717, 1.165) is 12.8 Å². The van der Waals surface area contributed by atoms with Crippen molar-refractivity contribution in [1.82, 2.24) is 4.90 Å². The molecule has 1 rings (SSSR count). The first-order valence-corrected chi connectivity index (χ1v) is 3.11. The highest BCUT2D eigenvalue weighted by molar-refractivity contribution is 4.85. The predicted molar refractivity (Wildman–Crippen MR) is 32.7 cm³/mol. The van der Waals surface area contributed by atoms with Crippen molar-refractivity contribution in [2.75, 3.05) is 20.4 Å². The third-order valence-electron chi connectivity index (χ3n) is 1.59. The van der Waals surface area contributed by atoms with E-state index in [1.54, 1.807) is 7.11 Å². The Balaban J connectivity index is 1.99. The molecule has 0 saturated carbocycles. The summed E-state index contributed by atoms with van der Waals surface area (Å²) in [5.41, 5.74) is 0. The molecular weight excluding hydrogens is 102 g/mol. The summed E-state index contributed by atoms with van der Waals surface area (Å²) in [4.78, 5) is 2.31. The van der Waals surface area contributed by atoms with Crippen molar-refractivity contribution >= 4 is 0 Å². The Morgan fingerprint density at radius 2 is 2.50 bits per heavy atom. The first-order chi connectivity index (χ1) is 3.88. The Bertz CT molecular complexity index is 74.9. The van der Waals surface area contributed by atoms with E-state index >= 15 is 0 Å². The second-order valence-corrected chi connectivity index (χ2v) is 2.25. The predicted octanol–water partition coefficient (Wildman–Crippen LogP) is 0.684. The van der Waals surface area contributed by atoms with Crippen LogP contribution in [0.15, 0.2) is 0 Å². The molecule has 1 heterocycles. The summed E-state index contributed by atoms with van der Waals surface area (Å²) in [5.74, 6) is 0. The zero-order chi connectivity index (χ0) is 5.98. The van der Waals surface area contributed by atoms with Crippen molar-refractivity contribution < 1.29 is 4.74 Å². The van der Waals surface area contributed by atoms with Crippen LogP contribution in [0.4, 0.5) is 0 Å². The molecule has 0 bridgehead atoms. The molecular formula is C6H13NO. The van der Waals surface area contributed by atoms with Crippen LogP contribution < -0.4 is 0 Å². The minimum Gasteiger partial charge on any atom is -0.369 e. The molecule has 1 fully saturated rings. The highest BCUT2D eigenvalue weighted by Gasteiger charge is 2.30. The molecule has 0 aromatic rings. The summed E-state index contributed by atoms with van der Waals surface area (Å²) in [6.45, 7) is 4.27. The van der Waals surface area contributed by atoms with Crippen molar-refractivity contribution in [3.8, 4) is 0 Å². The van der Waals surface area contributed by atoms with Crippen molar-refractivity contribution in [2.24, 2.45) is 0 Å². The molecule has 2 nitrogen and oxygen atoms in total. The number of methoxy groups -OCH3 is 1. The molecule has 0 aromatic carbocycles. The highest BCUT2D eigenvalue weighted by atomic mass is 16.5. The van der Waals surface area contributed by atoms with Gasteiger partial charge in [-0.3, -0.25) is 4.90 Å². The number of nitrogens with zero attached hydrogens (tertiary/aromatic N) is 1. The lowest BCUT2D eigenvalue weighted by Gasteiger charge is -1.96. The van der Waals surface area contributed by atoms with E-state index in [-0.39, 0.29) is 0 Å². The van der Waals surface area contributed by atoms with Gasteiger partial charge in [0.25, 0.3) is 0 Å². The molecule has 2 unspecified atom stereocenters. The summed E-state index contributed by atoms with van der Waals surface area (Å²) in [7, 11) is 1.74. The fraction of sp³-hybridized carbons (Fsp3) is 1.00. The molecule has 1 saturated heterocycles. The zero-order valence-corrected chi connectivity index (χ0v) is 5.55. The average Bonchev–Trinajstić information content (AvgIpc) is 2.48. The molecule has 1 aliphatic heterocycles. The standard InChI is InChI=1S/C6H13NO/c1-3-6-4-7(6)5-8-2/h6H,3-5H2,1-2H3. The summed E-state index contributed by atoms with van der Waals surface area (Å²) in [5, 5.41) is 0. The van der Waals surface area contributed by atoms with E-state index in [2.05, 4.69) is 11.8 Å². The largest absolute Gasteiger partial charge is 0.369 e. The van der Waals surface area contributed by atoms with E-state index in [1.165, 1.54) is 13.0 Å². The Morgan fingerprint density at radius 3 is 2.88 bits per heavy atom. The van der Waals surface area contributed by atoms with Crippen LogP contribution in [-0.2, 0) is 4.74 Å². The SMILES string of the molecule is CCC1CN1COC. The lowest BCUT2D eigenvalue weighted by molar-refractivity contribution is 0.126. The van der Waals surface area contributed by atoms with E-state index in [4.69, 9.17) is 4.74 Å². The first kappa shape index (κ1) is 6.05. The molecule has 48 valence electrons. The van der Waals surface area contributed by atoms with Crippen LogP contribution in [0.25, 0.3) is 0 Å².